The number of imidazole rings is 1. The van der Waals surface area contributed by atoms with Crippen molar-refractivity contribution >= 4 is 16.6 Å². The Kier molecular flexibility index (Phi) is 6.15. The molecule has 3 aliphatic rings. The van der Waals surface area contributed by atoms with Crippen LogP contribution in [0.5, 0.6) is 0 Å². The Balaban J connectivity index is 1.16. The van der Waals surface area contributed by atoms with Crippen LogP contribution in [-0.2, 0) is 6.42 Å². The number of nitrogens with one attached hydrogen (secondary N) is 1. The van der Waals surface area contributed by atoms with Gasteiger partial charge in [-0.25, -0.2) is 4.98 Å². The van der Waals surface area contributed by atoms with E-state index in [9.17, 15) is 5.11 Å². The average molecular weight is 444 g/mol. The second-order valence-corrected chi connectivity index (χ2v) is 10.4. The van der Waals surface area contributed by atoms with Crippen LogP contribution in [0.25, 0.3) is 16.6 Å². The molecule has 1 saturated carbocycles. The highest BCUT2D eigenvalue weighted by Gasteiger charge is 2.46. The molecule has 0 saturated heterocycles. The van der Waals surface area contributed by atoms with Crippen molar-refractivity contribution in [3.05, 3.63) is 71.1 Å². The number of aromatic amines is 1. The summed E-state index contributed by atoms with van der Waals surface area (Å²) in [5.74, 6) is 1.83. The minimum absolute atomic E-state index is 0.278. The maximum Gasteiger partial charge on any atom is 0.107 e. The van der Waals surface area contributed by atoms with Crippen molar-refractivity contribution in [2.75, 3.05) is 20.1 Å². The number of aryl methyl sites for hydroxylation is 3. The van der Waals surface area contributed by atoms with Crippen LogP contribution in [0.1, 0.15) is 54.6 Å². The zero-order valence-corrected chi connectivity index (χ0v) is 20.3. The molecule has 3 atom stereocenters. The number of para-hydroxylation sites is 2. The number of allylic oxidation sites excluding steroid dienone is 1. The van der Waals surface area contributed by atoms with Crippen LogP contribution in [0, 0.1) is 25.7 Å². The summed E-state index contributed by atoms with van der Waals surface area (Å²) in [6, 6.07) is 14.8. The Hall–Kier alpha value is -2.43. The monoisotopic (exact) mass is 443 g/mol. The molecule has 4 nitrogen and oxygen atoms in total. The van der Waals surface area contributed by atoms with E-state index in [1.54, 1.807) is 0 Å². The van der Waals surface area contributed by atoms with Crippen molar-refractivity contribution < 1.29 is 5.11 Å². The predicted molar refractivity (Wildman–Crippen MR) is 136 cm³/mol. The Morgan fingerprint density at radius 3 is 2.58 bits per heavy atom. The summed E-state index contributed by atoms with van der Waals surface area (Å²) in [7, 11) is 2.18. The van der Waals surface area contributed by atoms with Crippen molar-refractivity contribution in [1.82, 2.24) is 14.9 Å². The summed E-state index contributed by atoms with van der Waals surface area (Å²) in [5, 5.41) is 11.6. The molecule has 4 heteroatoms. The fraction of sp³-hybridized carbons (Fsp3) is 0.483. The molecule has 3 aliphatic carbocycles. The first-order valence-corrected chi connectivity index (χ1v) is 12.6. The van der Waals surface area contributed by atoms with E-state index in [0.717, 1.165) is 62.1 Å². The number of fused-ring (bicyclic) bond motifs is 3. The van der Waals surface area contributed by atoms with Crippen molar-refractivity contribution in [3.63, 3.8) is 0 Å². The first-order chi connectivity index (χ1) is 15.9. The summed E-state index contributed by atoms with van der Waals surface area (Å²) < 4.78 is 0. The third-order valence-corrected chi connectivity index (χ3v) is 8.02. The number of benzene rings is 2. The largest absolute Gasteiger partial charge is 0.389 e. The molecule has 0 spiro atoms. The zero-order chi connectivity index (χ0) is 23.0. The average Bonchev–Trinajstić information content (AvgIpc) is 3.21. The highest BCUT2D eigenvalue weighted by Crippen LogP contribution is 2.51. The van der Waals surface area contributed by atoms with Crippen LogP contribution < -0.4 is 0 Å². The first-order valence-electron chi connectivity index (χ1n) is 12.6. The molecule has 1 heterocycles. The summed E-state index contributed by atoms with van der Waals surface area (Å²) in [6.07, 6.45) is 8.53. The van der Waals surface area contributed by atoms with E-state index in [1.165, 1.54) is 28.7 Å². The van der Waals surface area contributed by atoms with Gasteiger partial charge in [0.25, 0.3) is 0 Å². The van der Waals surface area contributed by atoms with Crippen LogP contribution in [-0.4, -0.2) is 45.7 Å². The van der Waals surface area contributed by atoms with Crippen LogP contribution in [0.3, 0.4) is 0 Å². The van der Waals surface area contributed by atoms with Gasteiger partial charge in [0.15, 0.2) is 0 Å². The second kappa shape index (κ2) is 9.08. The van der Waals surface area contributed by atoms with Crippen molar-refractivity contribution in [2.45, 2.75) is 58.0 Å². The molecule has 3 aromatic rings. The van der Waals surface area contributed by atoms with Gasteiger partial charge in [-0.05, 0) is 99.9 Å². The molecule has 0 unspecified atom stereocenters. The molecule has 0 aliphatic heterocycles. The smallest absolute Gasteiger partial charge is 0.107 e. The van der Waals surface area contributed by atoms with Gasteiger partial charge in [0, 0.05) is 18.9 Å². The number of H-pyrrole nitrogens is 1. The minimum atomic E-state index is -0.560. The Labute approximate surface area is 197 Å². The lowest BCUT2D eigenvalue weighted by atomic mass is 9.60. The van der Waals surface area contributed by atoms with E-state index >= 15 is 0 Å². The van der Waals surface area contributed by atoms with Gasteiger partial charge in [-0.1, -0.05) is 36.4 Å². The Morgan fingerprint density at radius 1 is 1.06 bits per heavy atom. The lowest BCUT2D eigenvalue weighted by Gasteiger charge is -2.48. The molecule has 1 aromatic heterocycles. The lowest BCUT2D eigenvalue weighted by molar-refractivity contribution is -0.0574. The SMILES string of the molecule is Cc1cccc(C)c1C1=C[C@H]2CC[C@H]1C[C@]2(O)CCN(C)CCCc1nc2ccccc2[nH]1. The van der Waals surface area contributed by atoms with Crippen LogP contribution in [0.2, 0.25) is 0 Å². The van der Waals surface area contributed by atoms with E-state index in [1.807, 2.05) is 12.1 Å². The fourth-order valence-corrected chi connectivity index (χ4v) is 6.17. The van der Waals surface area contributed by atoms with Crippen molar-refractivity contribution in [2.24, 2.45) is 11.8 Å². The second-order valence-electron chi connectivity index (χ2n) is 10.4. The molecule has 0 amide bonds. The highest BCUT2D eigenvalue weighted by molar-refractivity contribution is 5.75. The van der Waals surface area contributed by atoms with E-state index in [4.69, 9.17) is 0 Å². The van der Waals surface area contributed by atoms with Gasteiger partial charge in [0.05, 0.1) is 16.6 Å². The molecule has 1 fully saturated rings. The van der Waals surface area contributed by atoms with Crippen LogP contribution in [0.15, 0.2) is 48.5 Å². The summed E-state index contributed by atoms with van der Waals surface area (Å²) >= 11 is 0. The predicted octanol–water partition coefficient (Wildman–Crippen LogP) is 5.68. The van der Waals surface area contributed by atoms with Gasteiger partial charge in [-0.15, -0.1) is 0 Å². The van der Waals surface area contributed by atoms with Gasteiger partial charge < -0.3 is 15.0 Å². The quantitative estimate of drug-likeness (QED) is 0.471. The van der Waals surface area contributed by atoms with Crippen molar-refractivity contribution in [1.29, 1.82) is 0 Å². The maximum absolute atomic E-state index is 11.6. The van der Waals surface area contributed by atoms with Gasteiger partial charge in [0.2, 0.25) is 0 Å². The normalized spacial score (nSPS) is 24.6. The number of hydrogen-bond donors (Lipinski definition) is 2. The van der Waals surface area contributed by atoms with Gasteiger partial charge in [0.1, 0.15) is 5.82 Å². The van der Waals surface area contributed by atoms with E-state index in [2.05, 4.69) is 72.2 Å². The standard InChI is InChI=1S/C29H37N3O/c1-20-8-6-9-21(2)28(20)24-18-23-14-13-22(24)19-29(23,33)15-17-32(3)16-7-12-27-30-25-10-4-5-11-26(25)31-27/h4-6,8-11,18,22-23,33H,7,12-17,19H2,1-3H3,(H,30,31)/t22-,23+,29+/m0/s1. The minimum Gasteiger partial charge on any atom is -0.389 e. The van der Waals surface area contributed by atoms with Crippen LogP contribution >= 0.6 is 0 Å². The molecular weight excluding hydrogens is 406 g/mol. The molecular formula is C29H37N3O. The molecule has 2 bridgehead atoms. The van der Waals surface area contributed by atoms with Gasteiger partial charge >= 0.3 is 0 Å². The van der Waals surface area contributed by atoms with E-state index in [0.29, 0.717) is 5.92 Å². The zero-order valence-electron chi connectivity index (χ0n) is 20.3. The summed E-state index contributed by atoms with van der Waals surface area (Å²) in [5.41, 5.74) is 7.24. The number of rotatable bonds is 8. The third-order valence-electron chi connectivity index (χ3n) is 8.02. The summed E-state index contributed by atoms with van der Waals surface area (Å²) in [4.78, 5) is 10.5. The number of nitrogens with zero attached hydrogens (tertiary/aromatic N) is 2. The van der Waals surface area contributed by atoms with Crippen LogP contribution in [0.4, 0.5) is 0 Å². The molecule has 2 aromatic carbocycles. The fourth-order valence-electron chi connectivity index (χ4n) is 6.17. The lowest BCUT2D eigenvalue weighted by Crippen LogP contribution is -2.48. The number of hydrogen-bond acceptors (Lipinski definition) is 3. The van der Waals surface area contributed by atoms with E-state index in [-0.39, 0.29) is 5.92 Å². The molecule has 33 heavy (non-hydrogen) atoms. The van der Waals surface area contributed by atoms with Gasteiger partial charge in [-0.3, -0.25) is 0 Å². The van der Waals surface area contributed by atoms with Crippen molar-refractivity contribution in [3.8, 4) is 0 Å². The van der Waals surface area contributed by atoms with Gasteiger partial charge in [-0.2, -0.15) is 0 Å². The van der Waals surface area contributed by atoms with E-state index < -0.39 is 5.60 Å². The Bertz CT molecular complexity index is 1110. The molecule has 174 valence electrons. The first kappa shape index (κ1) is 22.4. The summed E-state index contributed by atoms with van der Waals surface area (Å²) in [6.45, 7) is 6.40. The molecule has 2 N–H and O–H groups in total. The Morgan fingerprint density at radius 2 is 1.85 bits per heavy atom. The molecule has 0 radical (unpaired) electrons. The highest BCUT2D eigenvalue weighted by atomic mass is 16.3. The number of aliphatic hydroxyl groups is 1. The maximum atomic E-state index is 11.6. The third kappa shape index (κ3) is 4.51. The molecule has 6 rings (SSSR count). The topological polar surface area (TPSA) is 52.1 Å². The number of aromatic nitrogens is 2.